The van der Waals surface area contributed by atoms with Crippen molar-refractivity contribution in [2.24, 2.45) is 0 Å². The minimum Gasteiger partial charge on any atom is -0.497 e. The van der Waals surface area contributed by atoms with Crippen molar-refractivity contribution >= 4 is 22.8 Å². The van der Waals surface area contributed by atoms with E-state index in [1.165, 1.54) is 12.1 Å². The van der Waals surface area contributed by atoms with E-state index in [2.05, 4.69) is 5.92 Å². The van der Waals surface area contributed by atoms with Crippen molar-refractivity contribution in [1.82, 2.24) is 0 Å². The van der Waals surface area contributed by atoms with Gasteiger partial charge in [0.1, 0.15) is 23.7 Å². The summed E-state index contributed by atoms with van der Waals surface area (Å²) in [5.41, 5.74) is 1.30. The van der Waals surface area contributed by atoms with Crippen LogP contribution >= 0.6 is 0 Å². The maximum Gasteiger partial charge on any atom is 0.336 e. The van der Waals surface area contributed by atoms with E-state index in [0.717, 1.165) is 5.56 Å². The van der Waals surface area contributed by atoms with Gasteiger partial charge in [-0.25, -0.2) is 4.79 Å². The second-order valence-corrected chi connectivity index (χ2v) is 6.03. The normalized spacial score (nSPS) is 10.8. The predicted molar refractivity (Wildman–Crippen MR) is 108 cm³/mol. The van der Waals surface area contributed by atoms with Crippen LogP contribution in [0, 0.1) is 19.3 Å². The van der Waals surface area contributed by atoms with E-state index < -0.39 is 5.63 Å². The summed E-state index contributed by atoms with van der Waals surface area (Å²) in [4.78, 5) is 24.9. The molecule has 1 heterocycles. The molecule has 3 rings (SSSR count). The number of allylic oxidation sites excluding steroid dienone is 1. The van der Waals surface area contributed by atoms with E-state index in [-0.39, 0.29) is 29.3 Å². The molecule has 0 spiro atoms. The summed E-state index contributed by atoms with van der Waals surface area (Å²) in [6.07, 6.45) is 8.32. The number of benzene rings is 2. The molecule has 1 aromatic heterocycles. The van der Waals surface area contributed by atoms with Crippen molar-refractivity contribution in [3.8, 4) is 23.8 Å². The Morgan fingerprint density at radius 2 is 2.07 bits per heavy atom. The van der Waals surface area contributed by atoms with Gasteiger partial charge in [0.2, 0.25) is 0 Å². The minimum absolute atomic E-state index is 0.0125. The maximum absolute atomic E-state index is 13.0. The first kappa shape index (κ1) is 19.0. The van der Waals surface area contributed by atoms with Gasteiger partial charge in [-0.2, -0.15) is 0 Å². The van der Waals surface area contributed by atoms with Crippen LogP contribution in [0.2, 0.25) is 0 Å². The van der Waals surface area contributed by atoms with Gasteiger partial charge < -0.3 is 13.9 Å². The van der Waals surface area contributed by atoms with Crippen molar-refractivity contribution < 1.29 is 18.7 Å². The van der Waals surface area contributed by atoms with Crippen LogP contribution in [0.4, 0.5) is 0 Å². The SMILES string of the molecule is C#CCOc1ccc2c(C)cc(=O)oc2c1C(=O)/C=C/c1cccc(OC)c1. The van der Waals surface area contributed by atoms with Gasteiger partial charge in [0.05, 0.1) is 7.11 Å². The predicted octanol–water partition coefficient (Wildman–Crippen LogP) is 4.02. The average molecular weight is 374 g/mol. The quantitative estimate of drug-likeness (QED) is 0.282. The van der Waals surface area contributed by atoms with Crippen LogP contribution in [0.15, 0.2) is 57.8 Å². The Kier molecular flexibility index (Phi) is 5.61. The molecular weight excluding hydrogens is 356 g/mol. The Morgan fingerprint density at radius 1 is 1.25 bits per heavy atom. The molecule has 0 N–H and O–H groups in total. The Hall–Kier alpha value is -3.78. The molecule has 0 unspecified atom stereocenters. The topological polar surface area (TPSA) is 65.7 Å². The van der Waals surface area contributed by atoms with E-state index in [0.29, 0.717) is 16.7 Å². The number of aryl methyl sites for hydroxylation is 1. The number of methoxy groups -OCH3 is 1. The fourth-order valence-electron chi connectivity index (χ4n) is 2.84. The van der Waals surface area contributed by atoms with Gasteiger partial charge in [-0.15, -0.1) is 6.42 Å². The maximum atomic E-state index is 13.0. The van der Waals surface area contributed by atoms with E-state index >= 15 is 0 Å². The summed E-state index contributed by atoms with van der Waals surface area (Å²) >= 11 is 0. The molecule has 0 atom stereocenters. The van der Waals surface area contributed by atoms with Gasteiger partial charge in [-0.05, 0) is 48.4 Å². The number of terminal acetylenes is 1. The van der Waals surface area contributed by atoms with Gasteiger partial charge >= 0.3 is 5.63 Å². The smallest absolute Gasteiger partial charge is 0.336 e. The molecule has 0 saturated heterocycles. The second kappa shape index (κ2) is 8.28. The molecule has 0 aliphatic rings. The van der Waals surface area contributed by atoms with E-state index in [9.17, 15) is 9.59 Å². The number of rotatable bonds is 6. The molecule has 0 saturated carbocycles. The lowest BCUT2D eigenvalue weighted by Gasteiger charge is -2.11. The summed E-state index contributed by atoms with van der Waals surface area (Å²) in [6.45, 7) is 1.77. The Balaban J connectivity index is 2.10. The molecule has 2 aromatic carbocycles. The van der Waals surface area contributed by atoms with Crippen molar-refractivity contribution in [1.29, 1.82) is 0 Å². The first-order chi connectivity index (χ1) is 13.5. The number of fused-ring (bicyclic) bond motifs is 1. The molecule has 0 aliphatic carbocycles. The summed E-state index contributed by atoms with van der Waals surface area (Å²) in [5.74, 6) is 2.94. The Labute approximate surface area is 162 Å². The highest BCUT2D eigenvalue weighted by Crippen LogP contribution is 2.30. The fraction of sp³-hybridized carbons (Fsp3) is 0.130. The lowest BCUT2D eigenvalue weighted by Crippen LogP contribution is -2.06. The summed E-state index contributed by atoms with van der Waals surface area (Å²) < 4.78 is 16.0. The molecule has 0 amide bonds. The van der Waals surface area contributed by atoms with Gasteiger partial charge in [-0.3, -0.25) is 4.79 Å². The minimum atomic E-state index is -0.537. The molecule has 0 aliphatic heterocycles. The highest BCUT2D eigenvalue weighted by atomic mass is 16.5. The zero-order chi connectivity index (χ0) is 20.1. The highest BCUT2D eigenvalue weighted by molar-refractivity contribution is 6.15. The van der Waals surface area contributed by atoms with E-state index in [1.807, 2.05) is 18.2 Å². The van der Waals surface area contributed by atoms with E-state index in [4.69, 9.17) is 20.3 Å². The van der Waals surface area contributed by atoms with Crippen LogP contribution in [-0.4, -0.2) is 19.5 Å². The monoisotopic (exact) mass is 374 g/mol. The van der Waals surface area contributed by atoms with Gasteiger partial charge in [-0.1, -0.05) is 24.1 Å². The molecular formula is C23H18O5. The van der Waals surface area contributed by atoms with Crippen LogP contribution in [-0.2, 0) is 0 Å². The lowest BCUT2D eigenvalue weighted by atomic mass is 10.0. The first-order valence-corrected chi connectivity index (χ1v) is 8.53. The number of ether oxygens (including phenoxy) is 2. The third-order valence-corrected chi connectivity index (χ3v) is 4.16. The highest BCUT2D eigenvalue weighted by Gasteiger charge is 2.18. The molecule has 140 valence electrons. The number of ketones is 1. The van der Waals surface area contributed by atoms with Gasteiger partial charge in [0.15, 0.2) is 11.4 Å². The molecule has 0 bridgehead atoms. The molecule has 0 fully saturated rings. The molecule has 28 heavy (non-hydrogen) atoms. The van der Waals surface area contributed by atoms with Crippen LogP contribution in [0.3, 0.4) is 0 Å². The fourth-order valence-corrected chi connectivity index (χ4v) is 2.84. The van der Waals surface area contributed by atoms with Crippen molar-refractivity contribution in [3.05, 3.63) is 75.7 Å². The third kappa shape index (κ3) is 3.97. The largest absolute Gasteiger partial charge is 0.497 e. The molecule has 5 nitrogen and oxygen atoms in total. The molecule has 5 heteroatoms. The third-order valence-electron chi connectivity index (χ3n) is 4.16. The first-order valence-electron chi connectivity index (χ1n) is 8.53. The summed E-state index contributed by atoms with van der Waals surface area (Å²) in [7, 11) is 1.57. The van der Waals surface area contributed by atoms with Crippen molar-refractivity contribution in [2.75, 3.05) is 13.7 Å². The van der Waals surface area contributed by atoms with Crippen LogP contribution in [0.25, 0.3) is 17.0 Å². The van der Waals surface area contributed by atoms with Gasteiger partial charge in [0, 0.05) is 11.5 Å². The lowest BCUT2D eigenvalue weighted by molar-refractivity contribution is 0.104. The second-order valence-electron chi connectivity index (χ2n) is 6.03. The van der Waals surface area contributed by atoms with Crippen LogP contribution in [0.5, 0.6) is 11.5 Å². The Bertz CT molecular complexity index is 1160. The number of hydrogen-bond acceptors (Lipinski definition) is 5. The van der Waals surface area contributed by atoms with Crippen molar-refractivity contribution in [2.45, 2.75) is 6.92 Å². The Morgan fingerprint density at radius 3 is 2.82 bits per heavy atom. The zero-order valence-electron chi connectivity index (χ0n) is 15.5. The average Bonchev–Trinajstić information content (AvgIpc) is 2.70. The van der Waals surface area contributed by atoms with E-state index in [1.54, 1.807) is 38.3 Å². The molecule has 0 radical (unpaired) electrons. The van der Waals surface area contributed by atoms with Crippen molar-refractivity contribution in [3.63, 3.8) is 0 Å². The number of carbonyl (C=O) groups is 1. The van der Waals surface area contributed by atoms with Crippen LogP contribution < -0.4 is 15.1 Å². The number of hydrogen-bond donors (Lipinski definition) is 0. The summed E-state index contributed by atoms with van der Waals surface area (Å²) in [6, 6.07) is 12.0. The molecule has 3 aromatic rings. The standard InChI is InChI=1S/C23H18O5/c1-4-12-27-20-11-9-18-15(2)13-21(25)28-23(18)22(20)19(24)10-8-16-6-5-7-17(14-16)26-3/h1,5-11,13-14H,12H2,2-3H3/b10-8+. The zero-order valence-corrected chi connectivity index (χ0v) is 15.5. The van der Waals surface area contributed by atoms with Crippen LogP contribution in [0.1, 0.15) is 21.5 Å². The summed E-state index contributed by atoms with van der Waals surface area (Å²) in [5, 5.41) is 0.658. The van der Waals surface area contributed by atoms with Gasteiger partial charge in [0.25, 0.3) is 0 Å². The number of carbonyl (C=O) groups excluding carboxylic acids is 1.